The van der Waals surface area contributed by atoms with Crippen molar-refractivity contribution in [2.45, 2.75) is 19.4 Å². The maximum absolute atomic E-state index is 5.40. The van der Waals surface area contributed by atoms with Crippen LogP contribution in [0.5, 0.6) is 11.5 Å². The van der Waals surface area contributed by atoms with Gasteiger partial charge in [-0.3, -0.25) is 4.98 Å². The van der Waals surface area contributed by atoms with Gasteiger partial charge < -0.3 is 14.8 Å². The van der Waals surface area contributed by atoms with E-state index in [4.69, 9.17) is 9.47 Å². The highest BCUT2D eigenvalue weighted by molar-refractivity contribution is 5.46. The van der Waals surface area contributed by atoms with E-state index < -0.39 is 0 Å². The zero-order valence-corrected chi connectivity index (χ0v) is 13.0. The molecule has 2 aromatic rings. The summed E-state index contributed by atoms with van der Waals surface area (Å²) in [5.74, 6) is 1.48. The molecular weight excluding hydrogens is 264 g/mol. The van der Waals surface area contributed by atoms with Crippen LogP contribution in [0.3, 0.4) is 0 Å². The lowest BCUT2D eigenvalue weighted by atomic mass is 9.94. The second-order valence-corrected chi connectivity index (χ2v) is 4.76. The molecule has 0 aliphatic heterocycles. The summed E-state index contributed by atoms with van der Waals surface area (Å²) in [6.07, 6.45) is 4.72. The monoisotopic (exact) mass is 286 g/mol. The van der Waals surface area contributed by atoms with E-state index in [1.54, 1.807) is 14.2 Å². The lowest BCUT2D eigenvalue weighted by molar-refractivity contribution is 0.354. The van der Waals surface area contributed by atoms with Gasteiger partial charge in [-0.15, -0.1) is 0 Å². The number of aromatic nitrogens is 1. The van der Waals surface area contributed by atoms with Gasteiger partial charge in [0.25, 0.3) is 0 Å². The number of hydrogen-bond acceptors (Lipinski definition) is 4. The van der Waals surface area contributed by atoms with Gasteiger partial charge in [0.15, 0.2) is 11.5 Å². The standard InChI is InChI=1S/C17H22N2O2/c1-5-12-11-19-9-8-14(12)17(18-2)13-6-7-15(20-3)16(10-13)21-4/h6-11,17-18H,5H2,1-4H3. The SMILES string of the molecule is CCc1cnccc1C(NC)c1ccc(OC)c(OC)c1. The number of rotatable bonds is 6. The number of aryl methyl sites for hydroxylation is 1. The molecule has 1 heterocycles. The van der Waals surface area contributed by atoms with Crippen molar-refractivity contribution in [3.63, 3.8) is 0 Å². The van der Waals surface area contributed by atoms with E-state index in [1.807, 2.05) is 31.6 Å². The summed E-state index contributed by atoms with van der Waals surface area (Å²) in [6, 6.07) is 8.17. The van der Waals surface area contributed by atoms with E-state index in [2.05, 4.69) is 29.4 Å². The Morgan fingerprint density at radius 3 is 2.52 bits per heavy atom. The lowest BCUT2D eigenvalue weighted by Crippen LogP contribution is -2.19. The molecule has 4 nitrogen and oxygen atoms in total. The van der Waals surface area contributed by atoms with Crippen LogP contribution >= 0.6 is 0 Å². The summed E-state index contributed by atoms with van der Waals surface area (Å²) in [4.78, 5) is 4.22. The molecule has 1 aromatic heterocycles. The van der Waals surface area contributed by atoms with Crippen molar-refractivity contribution >= 4 is 0 Å². The van der Waals surface area contributed by atoms with Crippen LogP contribution in [-0.4, -0.2) is 26.3 Å². The fourth-order valence-electron chi connectivity index (χ4n) is 2.55. The molecule has 0 aliphatic carbocycles. The van der Waals surface area contributed by atoms with Crippen LogP contribution in [0, 0.1) is 0 Å². The predicted octanol–water partition coefficient (Wildman–Crippen LogP) is 2.97. The Morgan fingerprint density at radius 2 is 1.90 bits per heavy atom. The summed E-state index contributed by atoms with van der Waals surface area (Å²) in [5.41, 5.74) is 3.62. The number of nitrogens with zero attached hydrogens (tertiary/aromatic N) is 1. The zero-order valence-electron chi connectivity index (χ0n) is 13.0. The van der Waals surface area contributed by atoms with Crippen molar-refractivity contribution in [2.75, 3.05) is 21.3 Å². The Kier molecular flexibility index (Phi) is 5.17. The minimum Gasteiger partial charge on any atom is -0.493 e. The molecule has 1 unspecified atom stereocenters. The fourth-order valence-corrected chi connectivity index (χ4v) is 2.55. The molecule has 0 spiro atoms. The van der Waals surface area contributed by atoms with Crippen LogP contribution in [0.15, 0.2) is 36.7 Å². The second-order valence-electron chi connectivity index (χ2n) is 4.76. The van der Waals surface area contributed by atoms with Crippen molar-refractivity contribution in [1.29, 1.82) is 0 Å². The predicted molar refractivity (Wildman–Crippen MR) is 84.1 cm³/mol. The fraction of sp³-hybridized carbons (Fsp3) is 0.353. The summed E-state index contributed by atoms with van der Waals surface area (Å²) in [7, 11) is 5.26. The van der Waals surface area contributed by atoms with Gasteiger partial charge in [0.2, 0.25) is 0 Å². The first-order valence-corrected chi connectivity index (χ1v) is 7.07. The molecule has 1 atom stereocenters. The highest BCUT2D eigenvalue weighted by atomic mass is 16.5. The molecule has 0 saturated heterocycles. The normalized spacial score (nSPS) is 12.0. The van der Waals surface area contributed by atoms with Gasteiger partial charge in [0.05, 0.1) is 20.3 Å². The Balaban J connectivity index is 2.46. The van der Waals surface area contributed by atoms with Crippen LogP contribution in [0.4, 0.5) is 0 Å². The molecule has 2 rings (SSSR count). The van der Waals surface area contributed by atoms with Crippen molar-refractivity contribution in [3.8, 4) is 11.5 Å². The van der Waals surface area contributed by atoms with Crippen LogP contribution in [0.25, 0.3) is 0 Å². The van der Waals surface area contributed by atoms with Gasteiger partial charge in [0.1, 0.15) is 0 Å². The maximum atomic E-state index is 5.40. The zero-order chi connectivity index (χ0) is 15.2. The average Bonchev–Trinajstić information content (AvgIpc) is 2.55. The van der Waals surface area contributed by atoms with Crippen molar-refractivity contribution in [2.24, 2.45) is 0 Å². The molecule has 112 valence electrons. The molecule has 1 aromatic carbocycles. The highest BCUT2D eigenvalue weighted by Gasteiger charge is 2.17. The summed E-state index contributed by atoms with van der Waals surface area (Å²) < 4.78 is 10.7. The van der Waals surface area contributed by atoms with Crippen molar-refractivity contribution < 1.29 is 9.47 Å². The third kappa shape index (κ3) is 3.16. The van der Waals surface area contributed by atoms with E-state index in [-0.39, 0.29) is 6.04 Å². The molecule has 0 aliphatic rings. The molecule has 4 heteroatoms. The number of benzene rings is 1. The molecule has 0 fully saturated rings. The molecule has 0 bridgehead atoms. The second kappa shape index (κ2) is 7.09. The van der Waals surface area contributed by atoms with E-state index in [9.17, 15) is 0 Å². The maximum Gasteiger partial charge on any atom is 0.161 e. The summed E-state index contributed by atoms with van der Waals surface area (Å²) in [5, 5.41) is 3.37. The molecule has 1 N–H and O–H groups in total. The Hall–Kier alpha value is -2.07. The van der Waals surface area contributed by atoms with Crippen LogP contribution in [0.2, 0.25) is 0 Å². The smallest absolute Gasteiger partial charge is 0.161 e. The minimum absolute atomic E-state index is 0.0998. The number of pyridine rings is 1. The van der Waals surface area contributed by atoms with E-state index in [0.29, 0.717) is 0 Å². The third-order valence-corrected chi connectivity index (χ3v) is 3.66. The van der Waals surface area contributed by atoms with Gasteiger partial charge in [-0.25, -0.2) is 0 Å². The first-order valence-electron chi connectivity index (χ1n) is 7.07. The number of ether oxygens (including phenoxy) is 2. The largest absolute Gasteiger partial charge is 0.493 e. The average molecular weight is 286 g/mol. The van der Waals surface area contributed by atoms with E-state index in [1.165, 1.54) is 11.1 Å². The van der Waals surface area contributed by atoms with Gasteiger partial charge in [-0.1, -0.05) is 13.0 Å². The topological polar surface area (TPSA) is 43.4 Å². The quantitative estimate of drug-likeness (QED) is 0.886. The van der Waals surface area contributed by atoms with Gasteiger partial charge in [0, 0.05) is 12.4 Å². The number of nitrogens with one attached hydrogen (secondary N) is 1. The van der Waals surface area contributed by atoms with Gasteiger partial charge in [-0.2, -0.15) is 0 Å². The van der Waals surface area contributed by atoms with E-state index in [0.717, 1.165) is 23.5 Å². The first-order chi connectivity index (χ1) is 10.2. The minimum atomic E-state index is 0.0998. The number of hydrogen-bond donors (Lipinski definition) is 1. The van der Waals surface area contributed by atoms with E-state index >= 15 is 0 Å². The van der Waals surface area contributed by atoms with Gasteiger partial charge >= 0.3 is 0 Å². The van der Waals surface area contributed by atoms with Gasteiger partial charge in [-0.05, 0) is 48.4 Å². The Morgan fingerprint density at radius 1 is 1.14 bits per heavy atom. The molecule has 0 radical (unpaired) electrons. The molecule has 0 saturated carbocycles. The lowest BCUT2D eigenvalue weighted by Gasteiger charge is -2.21. The van der Waals surface area contributed by atoms with Crippen LogP contribution in [0.1, 0.15) is 29.7 Å². The Bertz CT molecular complexity index is 599. The van der Waals surface area contributed by atoms with Crippen molar-refractivity contribution in [1.82, 2.24) is 10.3 Å². The molecule has 21 heavy (non-hydrogen) atoms. The summed E-state index contributed by atoms with van der Waals surface area (Å²) >= 11 is 0. The number of methoxy groups -OCH3 is 2. The van der Waals surface area contributed by atoms with Crippen LogP contribution < -0.4 is 14.8 Å². The Labute approximate surface area is 126 Å². The third-order valence-electron chi connectivity index (χ3n) is 3.66. The van der Waals surface area contributed by atoms with Crippen LogP contribution in [-0.2, 0) is 6.42 Å². The first kappa shape index (κ1) is 15.3. The highest BCUT2D eigenvalue weighted by Crippen LogP contribution is 2.32. The molecular formula is C17H22N2O2. The summed E-state index contributed by atoms with van der Waals surface area (Å²) in [6.45, 7) is 2.14. The molecule has 0 amide bonds. The van der Waals surface area contributed by atoms with Crippen molar-refractivity contribution in [3.05, 3.63) is 53.3 Å².